The van der Waals surface area contributed by atoms with E-state index in [1.165, 1.54) is 0 Å². The normalized spacial score (nSPS) is 11.7. The lowest BCUT2D eigenvalue weighted by molar-refractivity contribution is 0.105. The van der Waals surface area contributed by atoms with Crippen LogP contribution in [0.3, 0.4) is 0 Å². The van der Waals surface area contributed by atoms with Crippen LogP contribution in [0.15, 0.2) is 83.3 Å². The molecule has 0 spiro atoms. The summed E-state index contributed by atoms with van der Waals surface area (Å²) < 4.78 is 2.08. The number of benzene rings is 3. The number of carbonyl (C=O) groups excluding carboxylic acids is 1. The highest BCUT2D eigenvalue weighted by Gasteiger charge is 2.18. The standard InChI is InChI=1S/C22H14BrNOS/c23-17-12-10-15(11-13-17)14-18(21(25)16-6-2-1-3-7-16)22-24-19-8-4-5-9-20(19)26-22/h1-14H/b18-14-. The van der Waals surface area contributed by atoms with Gasteiger partial charge in [0.1, 0.15) is 5.01 Å². The van der Waals surface area contributed by atoms with Crippen LogP contribution in [-0.4, -0.2) is 10.8 Å². The lowest BCUT2D eigenvalue weighted by Crippen LogP contribution is -2.02. The first-order valence-electron chi connectivity index (χ1n) is 8.14. The summed E-state index contributed by atoms with van der Waals surface area (Å²) in [7, 11) is 0. The number of rotatable bonds is 4. The molecule has 0 radical (unpaired) electrons. The molecule has 0 bridgehead atoms. The quantitative estimate of drug-likeness (QED) is 0.279. The van der Waals surface area contributed by atoms with Crippen LogP contribution in [0.2, 0.25) is 0 Å². The molecular weight excluding hydrogens is 406 g/mol. The smallest absolute Gasteiger partial charge is 0.196 e. The molecule has 26 heavy (non-hydrogen) atoms. The molecule has 0 fully saturated rings. The van der Waals surface area contributed by atoms with Crippen molar-refractivity contribution in [2.45, 2.75) is 0 Å². The van der Waals surface area contributed by atoms with Crippen LogP contribution in [0.1, 0.15) is 20.9 Å². The second-order valence-corrected chi connectivity index (χ2v) is 7.74. The molecule has 0 aliphatic heterocycles. The highest BCUT2D eigenvalue weighted by molar-refractivity contribution is 9.10. The van der Waals surface area contributed by atoms with Crippen LogP contribution >= 0.6 is 27.3 Å². The van der Waals surface area contributed by atoms with Gasteiger partial charge in [0, 0.05) is 10.0 Å². The maximum absolute atomic E-state index is 13.2. The molecule has 1 heterocycles. The summed E-state index contributed by atoms with van der Waals surface area (Å²) in [5.41, 5.74) is 3.15. The number of para-hydroxylation sites is 1. The van der Waals surface area contributed by atoms with E-state index >= 15 is 0 Å². The van der Waals surface area contributed by atoms with Crippen molar-refractivity contribution in [1.29, 1.82) is 0 Å². The Bertz CT molecular complexity index is 1060. The molecule has 4 aromatic rings. The summed E-state index contributed by atoms with van der Waals surface area (Å²) in [6.45, 7) is 0. The average molecular weight is 420 g/mol. The van der Waals surface area contributed by atoms with Crippen LogP contribution in [0.5, 0.6) is 0 Å². The second kappa shape index (κ2) is 7.36. The lowest BCUT2D eigenvalue weighted by atomic mass is 10.0. The number of hydrogen-bond acceptors (Lipinski definition) is 3. The molecule has 2 nitrogen and oxygen atoms in total. The molecule has 3 aromatic carbocycles. The Morgan fingerprint density at radius 2 is 1.58 bits per heavy atom. The Balaban J connectivity index is 1.85. The summed E-state index contributed by atoms with van der Waals surface area (Å²) in [6, 6.07) is 25.2. The SMILES string of the molecule is O=C(/C(=C/c1ccc(Br)cc1)c1nc2ccccc2s1)c1ccccc1. The van der Waals surface area contributed by atoms with Crippen LogP contribution in [-0.2, 0) is 0 Å². The van der Waals surface area contributed by atoms with Gasteiger partial charge in [-0.05, 0) is 35.9 Å². The third-order valence-corrected chi connectivity index (χ3v) is 5.58. The number of nitrogens with zero attached hydrogens (tertiary/aromatic N) is 1. The minimum atomic E-state index is -0.0208. The Morgan fingerprint density at radius 1 is 0.885 bits per heavy atom. The van der Waals surface area contributed by atoms with Crippen LogP contribution in [0, 0.1) is 0 Å². The number of halogens is 1. The molecule has 4 heteroatoms. The molecule has 0 saturated carbocycles. The molecule has 0 aliphatic carbocycles. The van der Waals surface area contributed by atoms with Gasteiger partial charge in [-0.15, -0.1) is 11.3 Å². The van der Waals surface area contributed by atoms with Crippen molar-refractivity contribution >= 4 is 54.9 Å². The van der Waals surface area contributed by atoms with Crippen LogP contribution in [0.25, 0.3) is 21.9 Å². The molecule has 0 aliphatic rings. The van der Waals surface area contributed by atoms with Crippen molar-refractivity contribution in [2.75, 3.05) is 0 Å². The van der Waals surface area contributed by atoms with Gasteiger partial charge >= 0.3 is 0 Å². The van der Waals surface area contributed by atoms with E-state index in [1.54, 1.807) is 11.3 Å². The average Bonchev–Trinajstić information content (AvgIpc) is 3.11. The molecule has 0 atom stereocenters. The van der Waals surface area contributed by atoms with Gasteiger partial charge in [0.2, 0.25) is 0 Å². The molecule has 0 amide bonds. The van der Waals surface area contributed by atoms with Gasteiger partial charge in [0.05, 0.1) is 15.8 Å². The molecule has 0 saturated heterocycles. The number of fused-ring (bicyclic) bond motifs is 1. The Kier molecular flexibility index (Phi) is 4.78. The van der Waals surface area contributed by atoms with Crippen molar-refractivity contribution in [2.24, 2.45) is 0 Å². The first kappa shape index (κ1) is 16.9. The number of Topliss-reactive ketones (excluding diaryl/α,β-unsaturated/α-hetero) is 1. The predicted octanol–water partition coefficient (Wildman–Crippen LogP) is 6.48. The third kappa shape index (κ3) is 3.52. The molecule has 1 aromatic heterocycles. The zero-order chi connectivity index (χ0) is 17.9. The van der Waals surface area contributed by atoms with Gasteiger partial charge in [0.15, 0.2) is 5.78 Å². The van der Waals surface area contributed by atoms with E-state index in [1.807, 2.05) is 84.9 Å². The van der Waals surface area contributed by atoms with Gasteiger partial charge in [0.25, 0.3) is 0 Å². The highest BCUT2D eigenvalue weighted by atomic mass is 79.9. The minimum Gasteiger partial charge on any atom is -0.288 e. The fourth-order valence-electron chi connectivity index (χ4n) is 2.68. The van der Waals surface area contributed by atoms with Gasteiger partial charge in [-0.1, -0.05) is 70.5 Å². The summed E-state index contributed by atoms with van der Waals surface area (Å²) in [5.74, 6) is -0.0208. The molecule has 0 N–H and O–H groups in total. The van der Waals surface area contributed by atoms with E-state index in [0.29, 0.717) is 11.1 Å². The van der Waals surface area contributed by atoms with E-state index in [4.69, 9.17) is 4.98 Å². The number of hydrogen-bond donors (Lipinski definition) is 0. The Hall–Kier alpha value is -2.56. The topological polar surface area (TPSA) is 30.0 Å². The van der Waals surface area contributed by atoms with Crippen molar-refractivity contribution in [3.05, 3.63) is 99.5 Å². The predicted molar refractivity (Wildman–Crippen MR) is 112 cm³/mol. The number of aromatic nitrogens is 1. The summed E-state index contributed by atoms with van der Waals surface area (Å²) in [5, 5.41) is 0.739. The summed E-state index contributed by atoms with van der Waals surface area (Å²) in [4.78, 5) is 17.9. The third-order valence-electron chi connectivity index (χ3n) is 3.99. The van der Waals surface area contributed by atoms with Crippen LogP contribution < -0.4 is 0 Å². The monoisotopic (exact) mass is 419 g/mol. The number of thiazole rings is 1. The summed E-state index contributed by atoms with van der Waals surface area (Å²) >= 11 is 4.99. The number of allylic oxidation sites excluding steroid dienone is 1. The maximum Gasteiger partial charge on any atom is 0.196 e. The molecule has 126 valence electrons. The fraction of sp³-hybridized carbons (Fsp3) is 0. The molecule has 4 rings (SSSR count). The van der Waals surface area contributed by atoms with Gasteiger partial charge in [-0.25, -0.2) is 4.98 Å². The van der Waals surface area contributed by atoms with Crippen molar-refractivity contribution < 1.29 is 4.79 Å². The van der Waals surface area contributed by atoms with E-state index in [9.17, 15) is 4.79 Å². The Morgan fingerprint density at radius 3 is 2.31 bits per heavy atom. The number of carbonyl (C=O) groups is 1. The van der Waals surface area contributed by atoms with Gasteiger partial charge in [-0.2, -0.15) is 0 Å². The number of ketones is 1. The van der Waals surface area contributed by atoms with Gasteiger partial charge < -0.3 is 0 Å². The van der Waals surface area contributed by atoms with E-state index in [2.05, 4.69) is 15.9 Å². The van der Waals surface area contributed by atoms with Crippen molar-refractivity contribution in [1.82, 2.24) is 4.98 Å². The summed E-state index contributed by atoms with van der Waals surface area (Å²) in [6.07, 6.45) is 1.92. The molecule has 0 unspecified atom stereocenters. The minimum absolute atomic E-state index is 0.0208. The van der Waals surface area contributed by atoms with Gasteiger partial charge in [-0.3, -0.25) is 4.79 Å². The highest BCUT2D eigenvalue weighted by Crippen LogP contribution is 2.30. The maximum atomic E-state index is 13.2. The van der Waals surface area contributed by atoms with E-state index < -0.39 is 0 Å². The van der Waals surface area contributed by atoms with Crippen LogP contribution in [0.4, 0.5) is 0 Å². The zero-order valence-electron chi connectivity index (χ0n) is 13.7. The lowest BCUT2D eigenvalue weighted by Gasteiger charge is -2.05. The molecular formula is C22H14BrNOS. The zero-order valence-corrected chi connectivity index (χ0v) is 16.1. The van der Waals surface area contributed by atoms with E-state index in [0.717, 1.165) is 25.3 Å². The Labute approximate surface area is 164 Å². The second-order valence-electron chi connectivity index (χ2n) is 5.79. The first-order chi connectivity index (χ1) is 12.7. The van der Waals surface area contributed by atoms with Crippen molar-refractivity contribution in [3.63, 3.8) is 0 Å². The van der Waals surface area contributed by atoms with Crippen molar-refractivity contribution in [3.8, 4) is 0 Å². The van der Waals surface area contributed by atoms with E-state index in [-0.39, 0.29) is 5.78 Å². The fourth-order valence-corrected chi connectivity index (χ4v) is 3.93. The first-order valence-corrected chi connectivity index (χ1v) is 9.74. The largest absolute Gasteiger partial charge is 0.288 e.